The largest absolute Gasteiger partial charge is 0.366 e. The number of hydrogen-bond acceptors (Lipinski definition) is 2. The zero-order valence-electron chi connectivity index (χ0n) is 8.55. The molecule has 0 saturated heterocycles. The van der Waals surface area contributed by atoms with E-state index in [0.29, 0.717) is 5.56 Å². The number of carbonyl (C=O) groups excluding carboxylic acids is 1. The molecule has 14 heavy (non-hydrogen) atoms. The summed E-state index contributed by atoms with van der Waals surface area (Å²) in [6, 6.07) is 0. The summed E-state index contributed by atoms with van der Waals surface area (Å²) in [5.41, 5.74) is 5.06. The maximum absolute atomic E-state index is 11.7. The molecule has 1 rings (SSSR count). The fraction of sp³-hybridized carbons (Fsp3) is 0.400. The van der Waals surface area contributed by atoms with Gasteiger partial charge in [-0.05, 0) is 5.41 Å². The van der Waals surface area contributed by atoms with Gasteiger partial charge in [0.05, 0.1) is 0 Å². The molecule has 0 aliphatic rings. The molecular weight excluding hydrogens is 180 g/mol. The van der Waals surface area contributed by atoms with Crippen LogP contribution in [-0.2, 0) is 5.41 Å². The van der Waals surface area contributed by atoms with Crippen LogP contribution in [0.2, 0.25) is 0 Å². The lowest BCUT2D eigenvalue weighted by Gasteiger charge is -2.17. The summed E-state index contributed by atoms with van der Waals surface area (Å²) in [6.45, 7) is 5.72. The molecule has 76 valence electrons. The Balaban J connectivity index is 3.44. The maximum Gasteiger partial charge on any atom is 0.254 e. The lowest BCUT2D eigenvalue weighted by Crippen LogP contribution is -2.29. The summed E-state index contributed by atoms with van der Waals surface area (Å²) in [6.07, 6.45) is 2.94. The molecule has 0 radical (unpaired) electrons. The highest BCUT2D eigenvalue weighted by atomic mass is 16.2. The van der Waals surface area contributed by atoms with Crippen molar-refractivity contribution in [3.05, 3.63) is 33.7 Å². The van der Waals surface area contributed by atoms with Crippen LogP contribution in [0.3, 0.4) is 0 Å². The number of nitrogens with two attached hydrogens (primary N) is 1. The molecule has 0 spiro atoms. The third kappa shape index (κ3) is 1.84. The molecule has 0 unspecified atom stereocenters. The number of nitrogens with one attached hydrogen (secondary N) is 1. The van der Waals surface area contributed by atoms with E-state index in [4.69, 9.17) is 5.73 Å². The fourth-order valence-corrected chi connectivity index (χ4v) is 1.22. The zero-order chi connectivity index (χ0) is 10.9. The molecule has 0 aliphatic carbocycles. The Bertz CT molecular complexity index is 413. The van der Waals surface area contributed by atoms with Crippen LogP contribution in [0.4, 0.5) is 0 Å². The molecule has 4 heteroatoms. The molecule has 0 aromatic carbocycles. The minimum absolute atomic E-state index is 0.0115. The van der Waals surface area contributed by atoms with E-state index in [1.54, 1.807) is 6.20 Å². The van der Waals surface area contributed by atoms with E-state index >= 15 is 0 Å². The lowest BCUT2D eigenvalue weighted by molar-refractivity contribution is 0.0999. The number of hydrogen-bond donors (Lipinski definition) is 2. The van der Waals surface area contributed by atoms with Crippen molar-refractivity contribution in [2.24, 2.45) is 5.73 Å². The van der Waals surface area contributed by atoms with Gasteiger partial charge in [0, 0.05) is 18.0 Å². The average Bonchev–Trinajstić information content (AvgIpc) is 2.01. The van der Waals surface area contributed by atoms with Crippen molar-refractivity contribution >= 4 is 5.91 Å². The Morgan fingerprint density at radius 1 is 1.36 bits per heavy atom. The van der Waals surface area contributed by atoms with Gasteiger partial charge in [-0.15, -0.1) is 0 Å². The van der Waals surface area contributed by atoms with Gasteiger partial charge in [-0.3, -0.25) is 9.59 Å². The monoisotopic (exact) mass is 194 g/mol. The third-order valence-electron chi connectivity index (χ3n) is 2.02. The number of primary amides is 1. The standard InChI is InChI=1S/C10H14N2O2/c1-10(2,3)7-5-12-4-6(8(7)13)9(11)14/h4-5H,1-3H3,(H2,11,14)(H,12,13). The second-order valence-electron chi connectivity index (χ2n) is 4.23. The number of H-pyrrole nitrogens is 1. The highest BCUT2D eigenvalue weighted by Crippen LogP contribution is 2.17. The van der Waals surface area contributed by atoms with Crippen LogP contribution in [0, 0.1) is 0 Å². The highest BCUT2D eigenvalue weighted by Gasteiger charge is 2.20. The molecule has 4 nitrogen and oxygen atoms in total. The number of aromatic amines is 1. The van der Waals surface area contributed by atoms with Gasteiger partial charge in [0.2, 0.25) is 0 Å². The van der Waals surface area contributed by atoms with Crippen molar-refractivity contribution in [3.8, 4) is 0 Å². The molecule has 0 bridgehead atoms. The number of rotatable bonds is 1. The Kier molecular flexibility index (Phi) is 2.47. The van der Waals surface area contributed by atoms with Crippen LogP contribution in [0.25, 0.3) is 0 Å². The summed E-state index contributed by atoms with van der Waals surface area (Å²) in [7, 11) is 0. The SMILES string of the molecule is CC(C)(C)c1c[nH]cc(C(N)=O)c1=O. The highest BCUT2D eigenvalue weighted by molar-refractivity contribution is 5.92. The predicted molar refractivity (Wildman–Crippen MR) is 54.3 cm³/mol. The molecule has 1 aromatic heterocycles. The van der Waals surface area contributed by atoms with Gasteiger partial charge in [-0.2, -0.15) is 0 Å². The van der Waals surface area contributed by atoms with Crippen molar-refractivity contribution < 1.29 is 4.79 Å². The van der Waals surface area contributed by atoms with E-state index in [0.717, 1.165) is 0 Å². The third-order valence-corrected chi connectivity index (χ3v) is 2.02. The molecule has 0 aliphatic heterocycles. The summed E-state index contributed by atoms with van der Waals surface area (Å²) in [5, 5.41) is 0. The minimum atomic E-state index is -0.697. The number of pyridine rings is 1. The van der Waals surface area contributed by atoms with Crippen LogP contribution in [0.1, 0.15) is 36.7 Å². The van der Waals surface area contributed by atoms with Gasteiger partial charge in [-0.25, -0.2) is 0 Å². The van der Waals surface area contributed by atoms with E-state index < -0.39 is 5.91 Å². The van der Waals surface area contributed by atoms with Crippen molar-refractivity contribution in [1.29, 1.82) is 0 Å². The number of carbonyl (C=O) groups is 1. The average molecular weight is 194 g/mol. The van der Waals surface area contributed by atoms with Crippen LogP contribution in [-0.4, -0.2) is 10.9 Å². The lowest BCUT2D eigenvalue weighted by atomic mass is 9.87. The minimum Gasteiger partial charge on any atom is -0.366 e. The number of aromatic nitrogens is 1. The Morgan fingerprint density at radius 2 is 1.93 bits per heavy atom. The smallest absolute Gasteiger partial charge is 0.254 e. The first-order valence-corrected chi connectivity index (χ1v) is 4.35. The fourth-order valence-electron chi connectivity index (χ4n) is 1.22. The first kappa shape index (κ1) is 10.5. The second-order valence-corrected chi connectivity index (χ2v) is 4.23. The van der Waals surface area contributed by atoms with Crippen LogP contribution in [0.5, 0.6) is 0 Å². The molecule has 0 fully saturated rings. The normalized spacial score (nSPS) is 11.4. The van der Waals surface area contributed by atoms with Crippen molar-refractivity contribution in [3.63, 3.8) is 0 Å². The van der Waals surface area contributed by atoms with Crippen LogP contribution >= 0.6 is 0 Å². The van der Waals surface area contributed by atoms with Crippen molar-refractivity contribution in [2.75, 3.05) is 0 Å². The van der Waals surface area contributed by atoms with Gasteiger partial charge < -0.3 is 10.7 Å². The summed E-state index contributed by atoms with van der Waals surface area (Å²) in [4.78, 5) is 25.4. The van der Waals surface area contributed by atoms with E-state index in [2.05, 4.69) is 4.98 Å². The molecule has 0 atom stereocenters. The van der Waals surface area contributed by atoms with Gasteiger partial charge >= 0.3 is 0 Å². The Morgan fingerprint density at radius 3 is 2.36 bits per heavy atom. The topological polar surface area (TPSA) is 76.0 Å². The zero-order valence-corrected chi connectivity index (χ0v) is 8.55. The molecule has 1 heterocycles. The van der Waals surface area contributed by atoms with E-state index in [1.807, 2.05) is 20.8 Å². The maximum atomic E-state index is 11.7. The van der Waals surface area contributed by atoms with Crippen LogP contribution < -0.4 is 11.2 Å². The van der Waals surface area contributed by atoms with Crippen molar-refractivity contribution in [2.45, 2.75) is 26.2 Å². The van der Waals surface area contributed by atoms with Gasteiger partial charge in [0.15, 0.2) is 5.43 Å². The Hall–Kier alpha value is -1.58. The predicted octanol–water partition coefficient (Wildman–Crippen LogP) is 0.771. The van der Waals surface area contributed by atoms with Gasteiger partial charge in [0.1, 0.15) is 5.56 Å². The first-order valence-electron chi connectivity index (χ1n) is 4.35. The van der Waals surface area contributed by atoms with E-state index in [-0.39, 0.29) is 16.4 Å². The molecule has 3 N–H and O–H groups in total. The molecule has 1 amide bonds. The van der Waals surface area contributed by atoms with E-state index in [1.165, 1.54) is 6.20 Å². The van der Waals surface area contributed by atoms with Crippen LogP contribution in [0.15, 0.2) is 17.2 Å². The summed E-state index contributed by atoms with van der Waals surface area (Å²) in [5.74, 6) is -0.697. The first-order chi connectivity index (χ1) is 6.34. The quantitative estimate of drug-likeness (QED) is 0.692. The molecular formula is C10H14N2O2. The van der Waals surface area contributed by atoms with Gasteiger partial charge in [0.25, 0.3) is 5.91 Å². The second kappa shape index (κ2) is 3.29. The number of amides is 1. The molecule has 0 saturated carbocycles. The van der Waals surface area contributed by atoms with Gasteiger partial charge in [-0.1, -0.05) is 20.8 Å². The van der Waals surface area contributed by atoms with E-state index in [9.17, 15) is 9.59 Å². The summed E-state index contributed by atoms with van der Waals surface area (Å²) < 4.78 is 0. The molecule has 1 aromatic rings. The summed E-state index contributed by atoms with van der Waals surface area (Å²) >= 11 is 0. The van der Waals surface area contributed by atoms with Crippen molar-refractivity contribution in [1.82, 2.24) is 4.98 Å². The Labute approximate surface area is 82.1 Å².